The van der Waals surface area contributed by atoms with E-state index in [2.05, 4.69) is 11.1 Å². The van der Waals surface area contributed by atoms with Gasteiger partial charge in [0.05, 0.1) is 6.54 Å². The van der Waals surface area contributed by atoms with Crippen molar-refractivity contribution in [2.45, 2.75) is 18.1 Å². The molecule has 0 amide bonds. The maximum atomic E-state index is 13.5. The van der Waals surface area contributed by atoms with E-state index in [4.69, 9.17) is 0 Å². The largest absolute Gasteiger partial charge is 0.271 e. The van der Waals surface area contributed by atoms with Gasteiger partial charge in [0.2, 0.25) is 0 Å². The second-order valence-electron chi connectivity index (χ2n) is 3.95. The first-order valence-corrected chi connectivity index (χ1v) is 7.32. The van der Waals surface area contributed by atoms with Crippen molar-refractivity contribution in [1.82, 2.24) is 0 Å². The normalized spacial score (nSPS) is 23.3. The first kappa shape index (κ1) is 10.7. The third-order valence-corrected chi connectivity index (χ3v) is 5.47. The van der Waals surface area contributed by atoms with Crippen molar-refractivity contribution in [3.05, 3.63) is 35.1 Å². The molecule has 1 aliphatic carbocycles. The Balaban J connectivity index is 1.83. The fourth-order valence-electron chi connectivity index (χ4n) is 2.20. The average molecular weight is 253 g/mol. The summed E-state index contributed by atoms with van der Waals surface area (Å²) in [5.74, 6) is 1.06. The van der Waals surface area contributed by atoms with Crippen LogP contribution in [0.15, 0.2) is 23.2 Å². The summed E-state index contributed by atoms with van der Waals surface area (Å²) in [4.78, 5) is 4.44. The van der Waals surface area contributed by atoms with Crippen molar-refractivity contribution in [2.75, 3.05) is 12.3 Å². The lowest BCUT2D eigenvalue weighted by molar-refractivity contribution is 0.613. The van der Waals surface area contributed by atoms with Crippen molar-refractivity contribution >= 4 is 27.9 Å². The lowest BCUT2D eigenvalue weighted by Gasteiger charge is -2.10. The SMILES string of the molecule is Fc1cccc2c1CCC2SC1=NCCS1. The maximum absolute atomic E-state index is 13.5. The third kappa shape index (κ3) is 1.89. The Bertz CT molecular complexity index is 445. The summed E-state index contributed by atoms with van der Waals surface area (Å²) in [5.41, 5.74) is 2.10. The van der Waals surface area contributed by atoms with Crippen molar-refractivity contribution < 1.29 is 4.39 Å². The Hall–Kier alpha value is -0.480. The molecule has 16 heavy (non-hydrogen) atoms. The van der Waals surface area contributed by atoms with Crippen LogP contribution < -0.4 is 0 Å². The van der Waals surface area contributed by atoms with Gasteiger partial charge < -0.3 is 0 Å². The molecule has 4 heteroatoms. The van der Waals surface area contributed by atoms with Crippen LogP contribution in [0.1, 0.15) is 22.8 Å². The minimum atomic E-state index is -0.0402. The number of rotatable bonds is 1. The molecular weight excluding hydrogens is 241 g/mol. The lowest BCUT2D eigenvalue weighted by atomic mass is 10.1. The van der Waals surface area contributed by atoms with Crippen LogP contribution >= 0.6 is 23.5 Å². The smallest absolute Gasteiger partial charge is 0.126 e. The van der Waals surface area contributed by atoms with E-state index in [0.29, 0.717) is 5.25 Å². The molecule has 0 aromatic heterocycles. The van der Waals surface area contributed by atoms with Crippen LogP contribution in [0, 0.1) is 5.82 Å². The second-order valence-corrected chi connectivity index (χ2v) is 6.48. The molecule has 1 atom stereocenters. The topological polar surface area (TPSA) is 12.4 Å². The Morgan fingerprint density at radius 3 is 3.19 bits per heavy atom. The number of hydrogen-bond acceptors (Lipinski definition) is 3. The first-order chi connectivity index (χ1) is 7.84. The quantitative estimate of drug-likeness (QED) is 0.757. The van der Waals surface area contributed by atoms with Gasteiger partial charge in [0.25, 0.3) is 0 Å². The van der Waals surface area contributed by atoms with Gasteiger partial charge in [0.1, 0.15) is 10.2 Å². The lowest BCUT2D eigenvalue weighted by Crippen LogP contribution is -1.92. The molecule has 1 unspecified atom stereocenters. The molecule has 0 bridgehead atoms. The van der Waals surface area contributed by atoms with E-state index in [1.54, 1.807) is 6.07 Å². The van der Waals surface area contributed by atoms with Crippen molar-refractivity contribution in [1.29, 1.82) is 0 Å². The summed E-state index contributed by atoms with van der Waals surface area (Å²) < 4.78 is 14.7. The van der Waals surface area contributed by atoms with Gasteiger partial charge in [0.15, 0.2) is 0 Å². The minimum Gasteiger partial charge on any atom is -0.271 e. The van der Waals surface area contributed by atoms with E-state index in [9.17, 15) is 4.39 Å². The zero-order valence-corrected chi connectivity index (χ0v) is 10.4. The highest BCUT2D eigenvalue weighted by Crippen LogP contribution is 2.44. The zero-order chi connectivity index (χ0) is 11.0. The van der Waals surface area contributed by atoms with E-state index >= 15 is 0 Å². The summed E-state index contributed by atoms with van der Waals surface area (Å²) in [6.07, 6.45) is 1.91. The Labute approximate surface area is 103 Å². The van der Waals surface area contributed by atoms with E-state index in [-0.39, 0.29) is 5.82 Å². The standard InChI is InChI=1S/C12H12FNS2/c13-10-3-1-2-9-8(10)4-5-11(9)16-12-14-6-7-15-12/h1-3,11H,4-7H2. The Morgan fingerprint density at radius 2 is 2.38 bits per heavy atom. The summed E-state index contributed by atoms with van der Waals surface area (Å²) in [7, 11) is 0. The number of hydrogen-bond donors (Lipinski definition) is 0. The number of halogens is 1. The number of thioether (sulfide) groups is 2. The highest BCUT2D eigenvalue weighted by atomic mass is 32.2. The second kappa shape index (κ2) is 4.41. The van der Waals surface area contributed by atoms with Crippen LogP contribution in [0.5, 0.6) is 0 Å². The van der Waals surface area contributed by atoms with Crippen LogP contribution in [0.4, 0.5) is 4.39 Å². The third-order valence-electron chi connectivity index (χ3n) is 2.96. The van der Waals surface area contributed by atoms with E-state index in [1.807, 2.05) is 29.6 Å². The van der Waals surface area contributed by atoms with Gasteiger partial charge in [0, 0.05) is 11.0 Å². The summed E-state index contributed by atoms with van der Waals surface area (Å²) in [5, 5.41) is 0.412. The first-order valence-electron chi connectivity index (χ1n) is 5.46. The van der Waals surface area contributed by atoms with Crippen LogP contribution in [0.2, 0.25) is 0 Å². The number of nitrogens with zero attached hydrogens (tertiary/aromatic N) is 1. The van der Waals surface area contributed by atoms with E-state index in [0.717, 1.165) is 30.7 Å². The van der Waals surface area contributed by atoms with Crippen molar-refractivity contribution in [2.24, 2.45) is 4.99 Å². The molecule has 3 rings (SSSR count). The summed E-state index contributed by atoms with van der Waals surface area (Å²) in [6, 6.07) is 5.44. The predicted molar refractivity (Wildman–Crippen MR) is 69.8 cm³/mol. The molecule has 0 spiro atoms. The van der Waals surface area contributed by atoms with Crippen LogP contribution in [-0.4, -0.2) is 16.7 Å². The number of benzene rings is 1. The fourth-order valence-corrected chi connectivity index (χ4v) is 4.61. The monoisotopic (exact) mass is 253 g/mol. The average Bonchev–Trinajstić information content (AvgIpc) is 2.90. The molecule has 1 aromatic carbocycles. The molecule has 1 nitrogen and oxygen atoms in total. The molecule has 0 saturated carbocycles. The summed E-state index contributed by atoms with van der Waals surface area (Å²) in [6.45, 7) is 0.940. The molecule has 2 aliphatic rings. The van der Waals surface area contributed by atoms with Crippen LogP contribution in [0.25, 0.3) is 0 Å². The minimum absolute atomic E-state index is 0.0402. The van der Waals surface area contributed by atoms with Crippen molar-refractivity contribution in [3.8, 4) is 0 Å². The van der Waals surface area contributed by atoms with Crippen LogP contribution in [0.3, 0.4) is 0 Å². The molecule has 1 aromatic rings. The highest BCUT2D eigenvalue weighted by molar-refractivity contribution is 8.39. The van der Waals surface area contributed by atoms with Crippen molar-refractivity contribution in [3.63, 3.8) is 0 Å². The molecule has 84 valence electrons. The molecule has 0 fully saturated rings. The maximum Gasteiger partial charge on any atom is 0.126 e. The van der Waals surface area contributed by atoms with Crippen LogP contribution in [-0.2, 0) is 6.42 Å². The van der Waals surface area contributed by atoms with Gasteiger partial charge in [-0.3, -0.25) is 4.99 Å². The molecule has 0 N–H and O–H groups in total. The Kier molecular flexibility index (Phi) is 2.94. The van der Waals surface area contributed by atoms with Gasteiger partial charge in [-0.25, -0.2) is 4.39 Å². The number of aliphatic imine (C=N–C) groups is 1. The molecule has 0 radical (unpaired) electrons. The number of fused-ring (bicyclic) bond motifs is 1. The molecule has 0 saturated heterocycles. The molecular formula is C12H12FNS2. The predicted octanol–water partition coefficient (Wildman–Crippen LogP) is 3.65. The van der Waals surface area contributed by atoms with Gasteiger partial charge in [-0.2, -0.15) is 0 Å². The highest BCUT2D eigenvalue weighted by Gasteiger charge is 2.27. The van der Waals surface area contributed by atoms with Gasteiger partial charge >= 0.3 is 0 Å². The summed E-state index contributed by atoms with van der Waals surface area (Å²) >= 11 is 3.64. The molecule has 1 aliphatic heterocycles. The van der Waals surface area contributed by atoms with E-state index < -0.39 is 0 Å². The Morgan fingerprint density at radius 1 is 1.44 bits per heavy atom. The van der Waals surface area contributed by atoms with Gasteiger partial charge in [-0.15, -0.1) is 0 Å². The van der Waals surface area contributed by atoms with E-state index in [1.165, 1.54) is 9.94 Å². The van der Waals surface area contributed by atoms with Gasteiger partial charge in [-0.05, 0) is 30.0 Å². The van der Waals surface area contributed by atoms with Gasteiger partial charge in [-0.1, -0.05) is 35.7 Å². The molecule has 1 heterocycles. The fraction of sp³-hybridized carbons (Fsp3) is 0.417. The zero-order valence-electron chi connectivity index (χ0n) is 8.78.